The zero-order valence-electron chi connectivity index (χ0n) is 14.7. The summed E-state index contributed by atoms with van der Waals surface area (Å²) >= 11 is 0. The molecule has 2 aromatic rings. The molecule has 2 rings (SSSR count). The van der Waals surface area contributed by atoms with Crippen molar-refractivity contribution in [2.24, 2.45) is 0 Å². The molecular formula is C19H23NO4S. The smallest absolute Gasteiger partial charge is 0.338 e. The van der Waals surface area contributed by atoms with Gasteiger partial charge in [-0.15, -0.1) is 0 Å². The fourth-order valence-electron chi connectivity index (χ4n) is 2.51. The molecule has 25 heavy (non-hydrogen) atoms. The van der Waals surface area contributed by atoms with E-state index < -0.39 is 16.0 Å². The highest BCUT2D eigenvalue weighted by Crippen LogP contribution is 2.19. The maximum Gasteiger partial charge on any atom is 0.338 e. The van der Waals surface area contributed by atoms with Crippen LogP contribution in [0.1, 0.15) is 35.3 Å². The van der Waals surface area contributed by atoms with Crippen molar-refractivity contribution in [3.8, 4) is 0 Å². The van der Waals surface area contributed by atoms with E-state index >= 15 is 0 Å². The fourth-order valence-corrected chi connectivity index (χ4v) is 3.94. The zero-order chi connectivity index (χ0) is 18.4. The summed E-state index contributed by atoms with van der Waals surface area (Å²) in [5.41, 5.74) is 2.36. The molecule has 134 valence electrons. The lowest BCUT2D eigenvalue weighted by Gasteiger charge is -2.21. The monoisotopic (exact) mass is 361 g/mol. The summed E-state index contributed by atoms with van der Waals surface area (Å²) in [7, 11) is -3.64. The summed E-state index contributed by atoms with van der Waals surface area (Å²) in [6, 6.07) is 13.6. The summed E-state index contributed by atoms with van der Waals surface area (Å²) < 4.78 is 32.1. The van der Waals surface area contributed by atoms with Crippen LogP contribution in [-0.2, 0) is 21.3 Å². The molecule has 5 nitrogen and oxygen atoms in total. The van der Waals surface area contributed by atoms with Crippen molar-refractivity contribution < 1.29 is 17.9 Å². The minimum atomic E-state index is -3.64. The third kappa shape index (κ3) is 4.67. The van der Waals surface area contributed by atoms with Gasteiger partial charge in [-0.25, -0.2) is 13.2 Å². The van der Waals surface area contributed by atoms with Gasteiger partial charge in [0.1, 0.15) is 0 Å². The maximum atomic E-state index is 12.9. The number of ether oxygens (including phenoxy) is 1. The first-order valence-corrected chi connectivity index (χ1v) is 9.65. The van der Waals surface area contributed by atoms with Crippen molar-refractivity contribution in [2.75, 3.05) is 13.2 Å². The highest BCUT2D eigenvalue weighted by molar-refractivity contribution is 7.89. The lowest BCUT2D eigenvalue weighted by molar-refractivity contribution is 0.0526. The van der Waals surface area contributed by atoms with Gasteiger partial charge < -0.3 is 4.74 Å². The Morgan fingerprint density at radius 2 is 1.76 bits per heavy atom. The molecule has 0 N–H and O–H groups in total. The third-order valence-electron chi connectivity index (χ3n) is 3.80. The highest BCUT2D eigenvalue weighted by atomic mass is 32.2. The third-order valence-corrected chi connectivity index (χ3v) is 5.73. The van der Waals surface area contributed by atoms with Crippen molar-refractivity contribution in [3.63, 3.8) is 0 Å². The number of aryl methyl sites for hydroxylation is 1. The van der Waals surface area contributed by atoms with E-state index in [4.69, 9.17) is 4.74 Å². The van der Waals surface area contributed by atoms with Gasteiger partial charge in [-0.1, -0.05) is 36.8 Å². The Balaban J connectivity index is 2.24. The maximum absolute atomic E-state index is 12.9. The fraction of sp³-hybridized carbons (Fsp3) is 0.316. The van der Waals surface area contributed by atoms with Crippen LogP contribution in [0.2, 0.25) is 0 Å². The first kappa shape index (κ1) is 19.1. The quantitative estimate of drug-likeness (QED) is 0.709. The first-order valence-electron chi connectivity index (χ1n) is 8.21. The summed E-state index contributed by atoms with van der Waals surface area (Å²) in [5, 5.41) is 0. The van der Waals surface area contributed by atoms with Gasteiger partial charge in [-0.2, -0.15) is 4.31 Å². The Hall–Kier alpha value is -2.18. The van der Waals surface area contributed by atoms with Crippen LogP contribution >= 0.6 is 0 Å². The lowest BCUT2D eigenvalue weighted by atomic mass is 10.1. The summed E-state index contributed by atoms with van der Waals surface area (Å²) in [6.07, 6.45) is 0. The molecule has 0 aromatic heterocycles. The molecule has 0 fully saturated rings. The van der Waals surface area contributed by atoms with E-state index in [1.165, 1.54) is 28.6 Å². The van der Waals surface area contributed by atoms with Gasteiger partial charge in [0.05, 0.1) is 17.1 Å². The number of carbonyl (C=O) groups excluding carboxylic acids is 1. The van der Waals surface area contributed by atoms with Gasteiger partial charge in [0, 0.05) is 13.1 Å². The van der Waals surface area contributed by atoms with Crippen LogP contribution in [0.3, 0.4) is 0 Å². The molecule has 6 heteroatoms. The minimum absolute atomic E-state index is 0.162. The SMILES string of the molecule is CCOC(=O)c1ccc(S(=O)(=O)N(CC)Cc2cccc(C)c2)cc1. The number of sulfonamides is 1. The molecule has 0 aliphatic carbocycles. The molecule has 0 amide bonds. The van der Waals surface area contributed by atoms with Crippen molar-refractivity contribution in [3.05, 3.63) is 65.2 Å². The van der Waals surface area contributed by atoms with Gasteiger partial charge >= 0.3 is 5.97 Å². The number of carbonyl (C=O) groups is 1. The Morgan fingerprint density at radius 1 is 1.08 bits per heavy atom. The van der Waals surface area contributed by atoms with Gasteiger partial charge in [0.2, 0.25) is 10.0 Å². The van der Waals surface area contributed by atoms with E-state index in [0.717, 1.165) is 11.1 Å². The molecule has 2 aromatic carbocycles. The molecule has 0 heterocycles. The Labute approximate surface area is 149 Å². The molecule has 0 aliphatic rings. The van der Waals surface area contributed by atoms with Gasteiger partial charge in [0.15, 0.2) is 0 Å². The lowest BCUT2D eigenvalue weighted by Crippen LogP contribution is -2.30. The van der Waals surface area contributed by atoms with Crippen molar-refractivity contribution in [1.29, 1.82) is 0 Å². The largest absolute Gasteiger partial charge is 0.462 e. The standard InChI is InChI=1S/C19H23NO4S/c1-4-20(14-16-8-6-7-15(3)13-16)25(22,23)18-11-9-17(10-12-18)19(21)24-5-2/h6-13H,4-5,14H2,1-3H3. The average molecular weight is 361 g/mol. The van der Waals surface area contributed by atoms with Crippen molar-refractivity contribution in [2.45, 2.75) is 32.2 Å². The van der Waals surface area contributed by atoms with Crippen LogP contribution in [0, 0.1) is 6.92 Å². The number of rotatable bonds is 7. The van der Waals surface area contributed by atoms with Gasteiger partial charge in [0.25, 0.3) is 0 Å². The summed E-state index contributed by atoms with van der Waals surface area (Å²) in [6.45, 7) is 6.44. The molecule has 0 saturated heterocycles. The summed E-state index contributed by atoms with van der Waals surface area (Å²) in [5.74, 6) is -0.460. The summed E-state index contributed by atoms with van der Waals surface area (Å²) in [4.78, 5) is 11.8. The molecule has 0 spiro atoms. The van der Waals surface area contributed by atoms with Crippen molar-refractivity contribution >= 4 is 16.0 Å². The van der Waals surface area contributed by atoms with Crippen LogP contribution < -0.4 is 0 Å². The second-order valence-electron chi connectivity index (χ2n) is 5.67. The molecule has 0 atom stereocenters. The topological polar surface area (TPSA) is 63.7 Å². The molecular weight excluding hydrogens is 338 g/mol. The number of hydrogen-bond acceptors (Lipinski definition) is 4. The Kier molecular flexibility index (Phi) is 6.33. The van der Waals surface area contributed by atoms with Gasteiger partial charge in [-0.05, 0) is 43.7 Å². The minimum Gasteiger partial charge on any atom is -0.462 e. The molecule has 0 saturated carbocycles. The number of esters is 1. The van der Waals surface area contributed by atoms with Crippen LogP contribution in [0.15, 0.2) is 53.4 Å². The number of hydrogen-bond donors (Lipinski definition) is 0. The van der Waals surface area contributed by atoms with Crippen molar-refractivity contribution in [1.82, 2.24) is 4.31 Å². The van der Waals surface area contributed by atoms with E-state index in [2.05, 4.69) is 0 Å². The number of nitrogens with zero attached hydrogens (tertiary/aromatic N) is 1. The van der Waals surface area contributed by atoms with E-state index in [-0.39, 0.29) is 11.5 Å². The highest BCUT2D eigenvalue weighted by Gasteiger charge is 2.23. The Morgan fingerprint density at radius 3 is 2.32 bits per heavy atom. The molecule has 0 bridgehead atoms. The number of benzene rings is 2. The molecule has 0 unspecified atom stereocenters. The second-order valence-corrected chi connectivity index (χ2v) is 7.60. The second kappa shape index (κ2) is 8.27. The first-order chi connectivity index (χ1) is 11.9. The normalized spacial score (nSPS) is 11.5. The van der Waals surface area contributed by atoms with Crippen LogP contribution in [-0.4, -0.2) is 31.8 Å². The molecule has 0 radical (unpaired) electrons. The van der Waals surface area contributed by atoms with Gasteiger partial charge in [-0.3, -0.25) is 0 Å². The van der Waals surface area contributed by atoms with E-state index in [1.807, 2.05) is 31.2 Å². The molecule has 0 aliphatic heterocycles. The van der Waals surface area contributed by atoms with Crippen LogP contribution in [0.4, 0.5) is 0 Å². The van der Waals surface area contributed by atoms with E-state index in [0.29, 0.717) is 18.7 Å². The average Bonchev–Trinajstić information content (AvgIpc) is 2.60. The van der Waals surface area contributed by atoms with Crippen LogP contribution in [0.25, 0.3) is 0 Å². The zero-order valence-corrected chi connectivity index (χ0v) is 15.5. The predicted molar refractivity (Wildman–Crippen MR) is 96.8 cm³/mol. The van der Waals surface area contributed by atoms with E-state index in [1.54, 1.807) is 13.8 Å². The predicted octanol–water partition coefficient (Wildman–Crippen LogP) is 3.38. The van der Waals surface area contributed by atoms with E-state index in [9.17, 15) is 13.2 Å². The Bertz CT molecular complexity index is 829. The van der Waals surface area contributed by atoms with Crippen LogP contribution in [0.5, 0.6) is 0 Å².